The quantitative estimate of drug-likeness (QED) is 0.223. The number of rotatable bonds is 2. The molecule has 0 spiro atoms. The fraction of sp³-hybridized carbons (Fsp3) is 0.286. The number of hydrogen-bond acceptors (Lipinski definition) is 2. The molecule has 5 radical (unpaired) electrons. The molecular weight excluding hydrogens is 591 g/mol. The van der Waals surface area contributed by atoms with Crippen molar-refractivity contribution in [2.24, 2.45) is 0 Å². The summed E-state index contributed by atoms with van der Waals surface area (Å²) < 4.78 is 0. The smallest absolute Gasteiger partial charge is 0 e. The summed E-state index contributed by atoms with van der Waals surface area (Å²) in [5.74, 6) is 0. The van der Waals surface area contributed by atoms with Gasteiger partial charge in [-0.05, 0) is 13.3 Å². The molecule has 0 aliphatic rings. The maximum absolute atomic E-state index is 9.28. The molecule has 0 aliphatic carbocycles. The second kappa shape index (κ2) is 51.0. The van der Waals surface area contributed by atoms with Crippen LogP contribution in [0.5, 0.6) is 0 Å². The summed E-state index contributed by atoms with van der Waals surface area (Å²) in [7, 11) is 1.72. The summed E-state index contributed by atoms with van der Waals surface area (Å²) in [6, 6.07) is 0. The van der Waals surface area contributed by atoms with Gasteiger partial charge < -0.3 is 35.2 Å². The fourth-order valence-corrected chi connectivity index (χ4v) is 0. The summed E-state index contributed by atoms with van der Waals surface area (Å²) in [6.07, 6.45) is 1.58. The summed E-state index contributed by atoms with van der Waals surface area (Å²) in [4.78, 5) is 9.28. The van der Waals surface area contributed by atoms with Crippen LogP contribution in [0.4, 0.5) is 0 Å². The third-order valence-corrected chi connectivity index (χ3v) is 0.480. The molecular formula is C7H12NOSY5-3. The predicted molar refractivity (Wildman–Crippen MR) is 48.6 cm³/mol. The Morgan fingerprint density at radius 2 is 1.33 bits per heavy atom. The summed E-state index contributed by atoms with van der Waals surface area (Å²) in [5.41, 5.74) is 2.71. The molecule has 0 atom stereocenters. The molecule has 1 N–H and O–H groups in total. The molecule has 0 fully saturated rings. The van der Waals surface area contributed by atoms with Crippen molar-refractivity contribution in [2.75, 3.05) is 7.05 Å². The molecule has 15 heavy (non-hydrogen) atoms. The van der Waals surface area contributed by atoms with E-state index in [1.807, 2.05) is 0 Å². The van der Waals surface area contributed by atoms with Gasteiger partial charge in [0.2, 0.25) is 0 Å². The minimum Gasteiger partial charge on any atom is -0.559 e. The molecule has 75 valence electrons. The first-order valence-electron chi connectivity index (χ1n) is 2.26. The van der Waals surface area contributed by atoms with Gasteiger partial charge in [0.1, 0.15) is 0 Å². The molecule has 0 saturated heterocycles. The number of carbonyl (C=O) groups excluding carboxylic acids is 1. The van der Waals surface area contributed by atoms with Gasteiger partial charge in [0.05, 0.1) is 0 Å². The van der Waals surface area contributed by atoms with Crippen molar-refractivity contribution < 1.29 is 168 Å². The Balaban J connectivity index is -0.00000000785. The van der Waals surface area contributed by atoms with Gasteiger partial charge in [0, 0.05) is 164 Å². The van der Waals surface area contributed by atoms with Crippen LogP contribution in [0.25, 0.3) is 0 Å². The summed E-state index contributed by atoms with van der Waals surface area (Å²) in [5, 5.41) is 2.50. The molecule has 0 aromatic heterocycles. The van der Waals surface area contributed by atoms with Gasteiger partial charge in [-0.15, -0.1) is 0 Å². The molecule has 0 heterocycles. The van der Waals surface area contributed by atoms with Crippen molar-refractivity contribution in [3.05, 3.63) is 19.6 Å². The van der Waals surface area contributed by atoms with Crippen molar-refractivity contribution in [2.45, 2.75) is 6.92 Å². The van der Waals surface area contributed by atoms with Crippen molar-refractivity contribution in [1.82, 2.24) is 5.32 Å². The van der Waals surface area contributed by atoms with E-state index in [4.69, 9.17) is 0 Å². The molecule has 8 heteroatoms. The number of thiocarbonyl (C=S) groups is 1. The van der Waals surface area contributed by atoms with Crippen LogP contribution in [0.1, 0.15) is 6.92 Å². The Labute approximate surface area is 225 Å². The molecule has 0 aromatic rings. The Morgan fingerprint density at radius 1 is 1.20 bits per heavy atom. The van der Waals surface area contributed by atoms with Gasteiger partial charge in [0.15, 0.2) is 0 Å². The van der Waals surface area contributed by atoms with Crippen LogP contribution in [-0.4, -0.2) is 18.8 Å². The van der Waals surface area contributed by atoms with E-state index in [0.29, 0.717) is 5.57 Å². The number of allylic oxidation sites excluding steroid dienone is 1. The van der Waals surface area contributed by atoms with Crippen LogP contribution < -0.4 is 5.32 Å². The van der Waals surface area contributed by atoms with E-state index in [0.717, 1.165) is 0 Å². The van der Waals surface area contributed by atoms with Crippen molar-refractivity contribution >= 4 is 24.0 Å². The Kier molecular flexibility index (Phi) is 171. The van der Waals surface area contributed by atoms with Gasteiger partial charge in [-0.25, -0.2) is 6.58 Å². The standard InChI is InChI=1S/C4H5O.C2H4NS.CH3.5Y/c1-4(2)3-5;1-3-2-4;;;;;;/h1H2,2H3;1H3,(H,3,4);1H3;;;;;/q3*-1;;;;;. The van der Waals surface area contributed by atoms with Gasteiger partial charge in [-0.1, -0.05) is 6.92 Å². The van der Waals surface area contributed by atoms with Gasteiger partial charge in [-0.2, -0.15) is 5.57 Å². The van der Waals surface area contributed by atoms with Crippen LogP contribution in [-0.2, 0) is 168 Å². The zero-order chi connectivity index (χ0) is 7.70. The molecule has 0 bridgehead atoms. The first-order chi connectivity index (χ1) is 4.18. The third kappa shape index (κ3) is 87.1. The van der Waals surface area contributed by atoms with E-state index in [1.165, 1.54) is 0 Å². The zero-order valence-corrected chi connectivity index (χ0v) is 24.4. The molecule has 0 saturated carbocycles. The molecule has 0 amide bonds. The SMILES string of the molecule is C=C(C)[C-]=O.CN[C-]=S.[CH3-].[Y].[Y].[Y].[Y].[Y]. The monoisotopic (exact) mass is 603 g/mol. The second-order valence-electron chi connectivity index (χ2n) is 1.23. The van der Waals surface area contributed by atoms with E-state index in [1.54, 1.807) is 20.3 Å². The molecule has 0 aromatic carbocycles. The van der Waals surface area contributed by atoms with Crippen LogP contribution in [0.15, 0.2) is 12.2 Å². The van der Waals surface area contributed by atoms with Crippen molar-refractivity contribution in [3.8, 4) is 0 Å². The zero-order valence-electron chi connectivity index (χ0n) is 9.41. The van der Waals surface area contributed by atoms with E-state index in [9.17, 15) is 4.79 Å². The summed E-state index contributed by atoms with van der Waals surface area (Å²) in [6.45, 7) is 4.85. The topological polar surface area (TPSA) is 29.1 Å². The van der Waals surface area contributed by atoms with Crippen LogP contribution in [0, 0.1) is 7.43 Å². The molecule has 2 nitrogen and oxygen atoms in total. The largest absolute Gasteiger partial charge is 0.559 e. The number of hydrogen-bond donors (Lipinski definition) is 1. The normalized spacial score (nSPS) is 3.60. The minimum atomic E-state index is 0. The molecule has 0 aliphatic heterocycles. The third-order valence-electron chi connectivity index (χ3n) is 0.276. The second-order valence-corrected chi connectivity index (χ2v) is 1.44. The maximum Gasteiger partial charge on any atom is 0 e. The van der Waals surface area contributed by atoms with Crippen LogP contribution in [0.2, 0.25) is 0 Å². The van der Waals surface area contributed by atoms with Crippen LogP contribution in [0.3, 0.4) is 0 Å². The Bertz CT molecular complexity index is 116. The van der Waals surface area contributed by atoms with Crippen molar-refractivity contribution in [1.29, 1.82) is 0 Å². The van der Waals surface area contributed by atoms with E-state index >= 15 is 0 Å². The van der Waals surface area contributed by atoms with E-state index in [-0.39, 0.29) is 171 Å². The van der Waals surface area contributed by atoms with Gasteiger partial charge >= 0.3 is 0 Å². The fourth-order valence-electron chi connectivity index (χ4n) is 0. The Morgan fingerprint density at radius 3 is 1.33 bits per heavy atom. The Hall–Kier alpha value is 4.82. The van der Waals surface area contributed by atoms with Gasteiger partial charge in [0.25, 0.3) is 0 Å². The number of nitrogens with one attached hydrogen (secondary N) is 1. The summed E-state index contributed by atoms with van der Waals surface area (Å²) >= 11 is 4.19. The van der Waals surface area contributed by atoms with E-state index in [2.05, 4.69) is 29.6 Å². The maximum atomic E-state index is 9.28. The average molecular weight is 603 g/mol. The van der Waals surface area contributed by atoms with Crippen molar-refractivity contribution in [3.63, 3.8) is 0 Å². The first kappa shape index (κ1) is 50.2. The molecule has 0 rings (SSSR count). The molecule has 0 unspecified atom stereocenters. The minimum absolute atomic E-state index is 0. The first-order valence-corrected chi connectivity index (χ1v) is 2.67. The predicted octanol–water partition coefficient (Wildman–Crippen LogP) is 1.15. The van der Waals surface area contributed by atoms with Crippen LogP contribution >= 0.6 is 12.2 Å². The van der Waals surface area contributed by atoms with Gasteiger partial charge in [-0.3, -0.25) is 0 Å². The van der Waals surface area contributed by atoms with E-state index < -0.39 is 0 Å². The average Bonchev–Trinajstić information content (AvgIpc) is 1.89.